The summed E-state index contributed by atoms with van der Waals surface area (Å²) in [4.78, 5) is 32.3. The van der Waals surface area contributed by atoms with Crippen molar-refractivity contribution < 1.29 is 9.53 Å². The zero-order valence-electron chi connectivity index (χ0n) is 16.6. The lowest BCUT2D eigenvalue weighted by molar-refractivity contribution is -0.143. The van der Waals surface area contributed by atoms with E-state index in [1.807, 2.05) is 35.7 Å². The molecule has 154 valence electrons. The van der Waals surface area contributed by atoms with E-state index in [0.29, 0.717) is 25.6 Å². The van der Waals surface area contributed by atoms with Crippen LogP contribution in [0.2, 0.25) is 5.02 Å². The van der Waals surface area contributed by atoms with Gasteiger partial charge in [0.15, 0.2) is 4.80 Å². The first-order valence-electron chi connectivity index (χ1n) is 9.37. The van der Waals surface area contributed by atoms with Crippen molar-refractivity contribution >= 4 is 46.3 Å². The average Bonchev–Trinajstić information content (AvgIpc) is 3.31. The summed E-state index contributed by atoms with van der Waals surface area (Å²) in [7, 11) is 0. The molecule has 5 nitrogen and oxygen atoms in total. The Morgan fingerprint density at radius 1 is 1.27 bits per heavy atom. The first-order valence-corrected chi connectivity index (χ1v) is 11.4. The Morgan fingerprint density at radius 2 is 2.00 bits per heavy atom. The van der Waals surface area contributed by atoms with Gasteiger partial charge in [-0.1, -0.05) is 41.1 Å². The maximum Gasteiger partial charge on any atom is 0.338 e. The van der Waals surface area contributed by atoms with Gasteiger partial charge in [0.05, 0.1) is 21.9 Å². The number of allylic oxidation sites excluding steroid dienone is 1. The topological polar surface area (TPSA) is 60.7 Å². The summed E-state index contributed by atoms with van der Waals surface area (Å²) in [6.07, 6.45) is 1.55. The Kier molecular flexibility index (Phi) is 5.77. The predicted octanol–water partition coefficient (Wildman–Crippen LogP) is 3.90. The van der Waals surface area contributed by atoms with E-state index in [1.54, 1.807) is 37.5 Å². The molecule has 1 atom stereocenters. The summed E-state index contributed by atoms with van der Waals surface area (Å²) in [6, 6.07) is 10.5. The highest BCUT2D eigenvalue weighted by Crippen LogP contribution is 2.33. The summed E-state index contributed by atoms with van der Waals surface area (Å²) >= 11 is 8.76. The number of benzene rings is 1. The van der Waals surface area contributed by atoms with Crippen LogP contribution in [0.5, 0.6) is 0 Å². The van der Waals surface area contributed by atoms with Gasteiger partial charge in [0.25, 0.3) is 5.56 Å². The number of ether oxygens (including phenoxy) is 1. The van der Waals surface area contributed by atoms with Crippen LogP contribution in [0.1, 0.15) is 37.3 Å². The number of thiophene rings is 1. The molecule has 30 heavy (non-hydrogen) atoms. The predicted molar refractivity (Wildman–Crippen MR) is 121 cm³/mol. The SMILES string of the molecule is CC1=C(C(=O)OC(C)C)[C@@H](c2cccs2)n2c(s/c(=C/c3ccc(Cl)cc3)c2=O)=N1. The van der Waals surface area contributed by atoms with Gasteiger partial charge < -0.3 is 4.74 Å². The third kappa shape index (κ3) is 3.93. The number of nitrogens with zero attached hydrogens (tertiary/aromatic N) is 2. The van der Waals surface area contributed by atoms with Crippen LogP contribution in [0.4, 0.5) is 0 Å². The fourth-order valence-electron chi connectivity index (χ4n) is 3.29. The van der Waals surface area contributed by atoms with E-state index in [9.17, 15) is 9.59 Å². The number of hydrogen-bond acceptors (Lipinski definition) is 6. The van der Waals surface area contributed by atoms with Gasteiger partial charge in [0.2, 0.25) is 0 Å². The van der Waals surface area contributed by atoms with Crippen LogP contribution in [-0.2, 0) is 9.53 Å². The van der Waals surface area contributed by atoms with Crippen LogP contribution in [-0.4, -0.2) is 16.6 Å². The molecule has 0 N–H and O–H groups in total. The van der Waals surface area contributed by atoms with Crippen molar-refractivity contribution in [3.05, 3.63) is 88.2 Å². The molecular formula is C22H19ClN2O3S2. The van der Waals surface area contributed by atoms with E-state index in [4.69, 9.17) is 16.3 Å². The minimum absolute atomic E-state index is 0.186. The molecule has 0 saturated carbocycles. The molecule has 0 bridgehead atoms. The first-order chi connectivity index (χ1) is 14.3. The fraction of sp³-hybridized carbons (Fsp3) is 0.227. The molecule has 8 heteroatoms. The fourth-order valence-corrected chi connectivity index (χ4v) is 5.28. The highest BCUT2D eigenvalue weighted by Gasteiger charge is 2.34. The third-order valence-corrected chi connectivity index (χ3v) is 6.72. The van der Waals surface area contributed by atoms with Gasteiger partial charge in [-0.25, -0.2) is 9.79 Å². The number of esters is 1. The maximum absolute atomic E-state index is 13.4. The molecule has 2 aromatic heterocycles. The van der Waals surface area contributed by atoms with Gasteiger partial charge in [-0.3, -0.25) is 9.36 Å². The molecule has 0 radical (unpaired) electrons. The van der Waals surface area contributed by atoms with E-state index in [-0.39, 0.29) is 11.7 Å². The number of hydrogen-bond donors (Lipinski definition) is 0. The van der Waals surface area contributed by atoms with Crippen molar-refractivity contribution in [2.45, 2.75) is 32.9 Å². The smallest absolute Gasteiger partial charge is 0.338 e. The highest BCUT2D eigenvalue weighted by molar-refractivity contribution is 7.10. The first kappa shape index (κ1) is 20.8. The highest BCUT2D eigenvalue weighted by atomic mass is 35.5. The van der Waals surface area contributed by atoms with E-state index < -0.39 is 12.0 Å². The van der Waals surface area contributed by atoms with Crippen LogP contribution in [0.15, 0.2) is 62.8 Å². The molecule has 0 aliphatic carbocycles. The van der Waals surface area contributed by atoms with E-state index >= 15 is 0 Å². The minimum Gasteiger partial charge on any atom is -0.459 e. The molecule has 0 spiro atoms. The van der Waals surface area contributed by atoms with E-state index in [0.717, 1.165) is 10.4 Å². The summed E-state index contributed by atoms with van der Waals surface area (Å²) in [5, 5.41) is 2.56. The molecule has 1 aliphatic heterocycles. The summed E-state index contributed by atoms with van der Waals surface area (Å²) in [5.41, 5.74) is 1.65. The van der Waals surface area contributed by atoms with Crippen molar-refractivity contribution in [3.8, 4) is 0 Å². The number of rotatable bonds is 4. The van der Waals surface area contributed by atoms with E-state index in [2.05, 4.69) is 4.99 Å². The molecule has 0 fully saturated rings. The normalized spacial score (nSPS) is 16.6. The lowest BCUT2D eigenvalue weighted by atomic mass is 10.0. The standard InChI is InChI=1S/C22H19ClN2O3S2/c1-12(2)28-21(27)18-13(3)24-22-25(19(18)16-5-4-10-29-16)20(26)17(30-22)11-14-6-8-15(23)9-7-14/h4-12,19H,1-3H3/b17-11+/t19-/m1/s1. The molecule has 1 aromatic carbocycles. The third-order valence-electron chi connectivity index (χ3n) is 4.56. The molecule has 3 aromatic rings. The van der Waals surface area contributed by atoms with Crippen molar-refractivity contribution in [1.82, 2.24) is 4.57 Å². The van der Waals surface area contributed by atoms with Gasteiger partial charge in [0, 0.05) is 9.90 Å². The Labute approximate surface area is 186 Å². The second-order valence-corrected chi connectivity index (χ2v) is 9.53. The maximum atomic E-state index is 13.4. The molecular weight excluding hydrogens is 440 g/mol. The molecule has 0 saturated heterocycles. The van der Waals surface area contributed by atoms with Crippen LogP contribution >= 0.6 is 34.3 Å². The molecule has 1 aliphatic rings. The Bertz CT molecular complexity index is 1300. The van der Waals surface area contributed by atoms with Crippen LogP contribution < -0.4 is 14.9 Å². The number of carbonyl (C=O) groups excluding carboxylic acids is 1. The lowest BCUT2D eigenvalue weighted by Crippen LogP contribution is -2.39. The molecule has 0 amide bonds. The van der Waals surface area contributed by atoms with Crippen molar-refractivity contribution in [2.24, 2.45) is 4.99 Å². The second-order valence-electron chi connectivity index (χ2n) is 7.10. The Morgan fingerprint density at radius 3 is 2.63 bits per heavy atom. The number of fused-ring (bicyclic) bond motifs is 1. The number of aromatic nitrogens is 1. The molecule has 0 unspecified atom stereocenters. The molecule has 3 heterocycles. The lowest BCUT2D eigenvalue weighted by Gasteiger charge is -2.24. The zero-order chi connectivity index (χ0) is 21.4. The van der Waals surface area contributed by atoms with Gasteiger partial charge in [0.1, 0.15) is 6.04 Å². The monoisotopic (exact) mass is 458 g/mol. The minimum atomic E-state index is -0.556. The van der Waals surface area contributed by atoms with Gasteiger partial charge in [-0.15, -0.1) is 11.3 Å². The largest absolute Gasteiger partial charge is 0.459 e. The van der Waals surface area contributed by atoms with Crippen molar-refractivity contribution in [3.63, 3.8) is 0 Å². The van der Waals surface area contributed by atoms with Gasteiger partial charge in [-0.2, -0.15) is 0 Å². The number of halogens is 1. The summed E-state index contributed by atoms with van der Waals surface area (Å²) in [6.45, 7) is 5.39. The Hall–Kier alpha value is -2.48. The van der Waals surface area contributed by atoms with Gasteiger partial charge >= 0.3 is 5.97 Å². The van der Waals surface area contributed by atoms with Crippen molar-refractivity contribution in [1.29, 1.82) is 0 Å². The molecule has 4 rings (SSSR count). The van der Waals surface area contributed by atoms with Crippen LogP contribution in [0, 0.1) is 0 Å². The second kappa shape index (κ2) is 8.34. The number of thiazole rings is 1. The number of carbonyl (C=O) groups is 1. The average molecular weight is 459 g/mol. The summed E-state index contributed by atoms with van der Waals surface area (Å²) in [5.74, 6) is -0.448. The quantitative estimate of drug-likeness (QED) is 0.557. The van der Waals surface area contributed by atoms with Crippen molar-refractivity contribution in [2.75, 3.05) is 0 Å². The van der Waals surface area contributed by atoms with Gasteiger partial charge in [-0.05, 0) is 56.0 Å². The van der Waals surface area contributed by atoms with Crippen LogP contribution in [0.3, 0.4) is 0 Å². The van der Waals surface area contributed by atoms with Crippen LogP contribution in [0.25, 0.3) is 6.08 Å². The van der Waals surface area contributed by atoms with E-state index in [1.165, 1.54) is 22.7 Å². The Balaban J connectivity index is 1.91. The summed E-state index contributed by atoms with van der Waals surface area (Å²) < 4.78 is 7.62. The zero-order valence-corrected chi connectivity index (χ0v) is 19.0.